The van der Waals surface area contributed by atoms with E-state index in [1.807, 2.05) is 0 Å². The van der Waals surface area contributed by atoms with Gasteiger partial charge in [-0.05, 0) is 160 Å². The maximum absolute atomic E-state index is 2.53. The first-order chi connectivity index (χ1) is 32.3. The number of rotatable bonds is 4. The number of hydrogen-bond donors (Lipinski definition) is 0. The van der Waals surface area contributed by atoms with Gasteiger partial charge in [0.1, 0.15) is 0 Å². The monoisotopic (exact) mass is 844 g/mol. The molecule has 0 fully saturated rings. The highest BCUT2D eigenvalue weighted by Gasteiger charge is 2.43. The topological polar surface area (TPSA) is 6.48 Å². The van der Waals surface area contributed by atoms with Crippen molar-refractivity contribution in [2.24, 2.45) is 0 Å². The lowest BCUT2D eigenvalue weighted by atomic mass is 9.68. The van der Waals surface area contributed by atoms with Crippen molar-refractivity contribution in [2.75, 3.05) is 9.80 Å². The van der Waals surface area contributed by atoms with E-state index >= 15 is 0 Å². The highest BCUT2D eigenvalue weighted by Crippen LogP contribution is 2.59. The molecule has 0 N–H and O–H groups in total. The third-order valence-electron chi connectivity index (χ3n) is 15.0. The molecule has 0 saturated heterocycles. The molecule has 0 radical (unpaired) electrons. The Morgan fingerprint density at radius 3 is 1.02 bits per heavy atom. The first kappa shape index (κ1) is 38.5. The van der Waals surface area contributed by atoms with Gasteiger partial charge in [0.2, 0.25) is 0 Å². The lowest BCUT2D eigenvalue weighted by Gasteiger charge is -2.47. The van der Waals surface area contributed by atoms with E-state index in [0.717, 1.165) is 11.4 Å². The number of para-hydroxylation sites is 2. The molecule has 11 aromatic rings. The molecule has 0 atom stereocenters. The second kappa shape index (κ2) is 14.3. The van der Waals surface area contributed by atoms with E-state index in [-0.39, 0.29) is 10.8 Å². The van der Waals surface area contributed by atoms with E-state index in [0.29, 0.717) is 0 Å². The Hall–Kier alpha value is -7.94. The Morgan fingerprint density at radius 2 is 0.606 bits per heavy atom. The van der Waals surface area contributed by atoms with Crippen molar-refractivity contribution >= 4 is 77.2 Å². The van der Waals surface area contributed by atoms with E-state index < -0.39 is 0 Å². The normalized spacial score (nSPS) is 14.5. The average Bonchev–Trinajstić information content (AvgIpc) is 3.36. The molecule has 0 spiro atoms. The van der Waals surface area contributed by atoms with Crippen LogP contribution in [0.5, 0.6) is 0 Å². The Kier molecular flexibility index (Phi) is 8.33. The standard InChI is InChI=1S/C64H48N2/c1-63(2)55-37-43(53-35-41-19-11-13-25-47(41)49-27-15-17-29-51(49)53)31-33-59(55)65(45-21-7-5-8-22-45)61-40-58-62(39-57(61)63)66(46-23-9-6-10-24-46)60-34-32-44(38-56(60)64(58,3)4)54-36-42-20-12-14-26-48(42)50-28-16-18-30-52(50)54/h5-40H,1-4H3. The smallest absolute Gasteiger partial charge is 0.0507 e. The summed E-state index contributed by atoms with van der Waals surface area (Å²) in [4.78, 5) is 5.04. The lowest BCUT2D eigenvalue weighted by Crippen LogP contribution is -2.35. The predicted molar refractivity (Wildman–Crippen MR) is 281 cm³/mol. The number of hydrogen-bond acceptors (Lipinski definition) is 2. The summed E-state index contributed by atoms with van der Waals surface area (Å²) in [5.41, 5.74) is 16.7. The van der Waals surface area contributed by atoms with Crippen LogP contribution in [0.25, 0.3) is 65.3 Å². The molecule has 0 amide bonds. The summed E-state index contributed by atoms with van der Waals surface area (Å²) >= 11 is 0. The molecule has 2 nitrogen and oxygen atoms in total. The van der Waals surface area contributed by atoms with E-state index in [9.17, 15) is 0 Å². The number of fused-ring (bicyclic) bond motifs is 10. The second-order valence-corrected chi connectivity index (χ2v) is 19.3. The van der Waals surface area contributed by atoms with Crippen molar-refractivity contribution in [3.8, 4) is 22.3 Å². The van der Waals surface area contributed by atoms with Gasteiger partial charge in [0, 0.05) is 22.2 Å². The lowest BCUT2D eigenvalue weighted by molar-refractivity contribution is 0.615. The molecular weight excluding hydrogens is 797 g/mol. The summed E-state index contributed by atoms with van der Waals surface area (Å²) in [6, 6.07) is 81.5. The van der Waals surface area contributed by atoms with Crippen LogP contribution in [0.2, 0.25) is 0 Å². The second-order valence-electron chi connectivity index (χ2n) is 19.3. The van der Waals surface area contributed by atoms with Crippen LogP contribution >= 0.6 is 0 Å². The van der Waals surface area contributed by atoms with E-state index in [2.05, 4.69) is 256 Å². The summed E-state index contributed by atoms with van der Waals surface area (Å²) in [6.45, 7) is 9.71. The van der Waals surface area contributed by atoms with Gasteiger partial charge in [-0.3, -0.25) is 0 Å². The first-order valence-electron chi connectivity index (χ1n) is 23.3. The van der Waals surface area contributed by atoms with Crippen molar-refractivity contribution in [1.82, 2.24) is 0 Å². The highest BCUT2D eigenvalue weighted by molar-refractivity contribution is 6.15. The van der Waals surface area contributed by atoms with Gasteiger partial charge in [-0.25, -0.2) is 0 Å². The molecular formula is C64H48N2. The third kappa shape index (κ3) is 5.61. The largest absolute Gasteiger partial charge is 0.310 e. The average molecular weight is 845 g/mol. The molecule has 0 aliphatic carbocycles. The zero-order chi connectivity index (χ0) is 44.3. The zero-order valence-corrected chi connectivity index (χ0v) is 37.7. The fourth-order valence-corrected chi connectivity index (χ4v) is 11.6. The van der Waals surface area contributed by atoms with E-state index in [1.54, 1.807) is 0 Å². The van der Waals surface area contributed by atoms with E-state index in [1.165, 1.54) is 110 Å². The quantitative estimate of drug-likeness (QED) is 0.163. The minimum Gasteiger partial charge on any atom is -0.310 e. The fourth-order valence-electron chi connectivity index (χ4n) is 11.6. The molecule has 11 aromatic carbocycles. The van der Waals surface area contributed by atoms with Crippen molar-refractivity contribution in [2.45, 2.75) is 38.5 Å². The Morgan fingerprint density at radius 1 is 0.273 bits per heavy atom. The summed E-state index contributed by atoms with van der Waals surface area (Å²) in [6.07, 6.45) is 0. The van der Waals surface area contributed by atoms with Crippen molar-refractivity contribution in [3.63, 3.8) is 0 Å². The van der Waals surface area contributed by atoms with Crippen LogP contribution in [0.15, 0.2) is 218 Å². The Bertz CT molecular complexity index is 3520. The maximum Gasteiger partial charge on any atom is 0.0507 e. The van der Waals surface area contributed by atoms with Gasteiger partial charge >= 0.3 is 0 Å². The van der Waals surface area contributed by atoms with Crippen LogP contribution in [0.3, 0.4) is 0 Å². The molecule has 2 aliphatic heterocycles. The van der Waals surface area contributed by atoms with Gasteiger partial charge in [-0.2, -0.15) is 0 Å². The van der Waals surface area contributed by atoms with Gasteiger partial charge in [0.05, 0.1) is 22.7 Å². The predicted octanol–water partition coefficient (Wildman–Crippen LogP) is 17.9. The SMILES string of the molecule is CC1(C)c2cc(-c3cc4ccccc4c4ccccc34)ccc2N(c2ccccc2)c2cc3c(cc21)N(c1ccccc1)c1ccc(-c2cc4ccccc4c4ccccc24)cc1C3(C)C. The van der Waals surface area contributed by atoms with Gasteiger partial charge in [0.15, 0.2) is 0 Å². The van der Waals surface area contributed by atoms with Crippen LogP contribution in [0.4, 0.5) is 34.1 Å². The summed E-state index contributed by atoms with van der Waals surface area (Å²) in [5.74, 6) is 0. The summed E-state index contributed by atoms with van der Waals surface area (Å²) in [5, 5.41) is 10.2. The first-order valence-corrected chi connectivity index (χ1v) is 23.3. The van der Waals surface area contributed by atoms with Crippen LogP contribution in [0, 0.1) is 0 Å². The molecule has 0 unspecified atom stereocenters. The third-order valence-corrected chi connectivity index (χ3v) is 15.0. The molecule has 66 heavy (non-hydrogen) atoms. The van der Waals surface area contributed by atoms with Gasteiger partial charge in [-0.1, -0.05) is 173 Å². The minimum atomic E-state index is -0.346. The molecule has 2 heteroatoms. The van der Waals surface area contributed by atoms with Crippen LogP contribution in [-0.4, -0.2) is 0 Å². The fraction of sp³-hybridized carbons (Fsp3) is 0.0938. The highest BCUT2D eigenvalue weighted by atomic mass is 15.2. The number of anilines is 6. The molecule has 314 valence electrons. The van der Waals surface area contributed by atoms with Crippen LogP contribution < -0.4 is 9.80 Å². The molecule has 2 aliphatic rings. The molecule has 0 bridgehead atoms. The molecule has 0 aromatic heterocycles. The van der Waals surface area contributed by atoms with Gasteiger partial charge in [-0.15, -0.1) is 0 Å². The van der Waals surface area contributed by atoms with Crippen molar-refractivity contribution in [1.29, 1.82) is 0 Å². The maximum atomic E-state index is 2.53. The zero-order valence-electron chi connectivity index (χ0n) is 37.7. The Balaban J connectivity index is 1.04. The minimum absolute atomic E-state index is 0.346. The van der Waals surface area contributed by atoms with Crippen LogP contribution in [-0.2, 0) is 10.8 Å². The molecule has 0 saturated carbocycles. The molecule has 2 heterocycles. The van der Waals surface area contributed by atoms with Gasteiger partial charge < -0.3 is 9.80 Å². The number of benzene rings is 11. The van der Waals surface area contributed by atoms with Crippen molar-refractivity contribution < 1.29 is 0 Å². The number of nitrogens with zero attached hydrogens (tertiary/aromatic N) is 2. The summed E-state index contributed by atoms with van der Waals surface area (Å²) in [7, 11) is 0. The van der Waals surface area contributed by atoms with Crippen LogP contribution in [0.1, 0.15) is 49.9 Å². The van der Waals surface area contributed by atoms with Crippen molar-refractivity contribution in [3.05, 3.63) is 241 Å². The summed E-state index contributed by atoms with van der Waals surface area (Å²) < 4.78 is 0. The molecule has 13 rings (SSSR count). The Labute approximate surface area is 386 Å². The van der Waals surface area contributed by atoms with Gasteiger partial charge in [0.25, 0.3) is 0 Å². The van der Waals surface area contributed by atoms with E-state index in [4.69, 9.17) is 0 Å².